The molecule has 0 aliphatic rings. The normalized spacial score (nSPS) is 11.3. The van der Waals surface area contributed by atoms with Crippen molar-refractivity contribution in [1.82, 2.24) is 9.88 Å². The van der Waals surface area contributed by atoms with Gasteiger partial charge >= 0.3 is 0 Å². The number of nitrogens with one attached hydrogen (secondary N) is 1. The van der Waals surface area contributed by atoms with Crippen molar-refractivity contribution >= 4 is 10.8 Å². The average Bonchev–Trinajstić information content (AvgIpc) is 2.73. The third-order valence-electron chi connectivity index (χ3n) is 6.10. The number of benzene rings is 3. The first kappa shape index (κ1) is 21.1. The number of aromatic nitrogens is 1. The highest BCUT2D eigenvalue weighted by Gasteiger charge is 2.17. The monoisotopic (exact) mass is 410 g/mol. The van der Waals surface area contributed by atoms with Gasteiger partial charge in [0.1, 0.15) is 0 Å². The second-order valence-electron chi connectivity index (χ2n) is 8.63. The molecule has 0 unspecified atom stereocenters. The van der Waals surface area contributed by atoms with E-state index in [2.05, 4.69) is 81.5 Å². The SMILES string of the molecule is Cc1cc(C)cc(CNCc2c(-c3ccccc3)c3cc(C)c(C)cc3c(=O)n2C)c1. The molecule has 1 N–H and O–H groups in total. The quantitative estimate of drug-likeness (QED) is 0.456. The highest BCUT2D eigenvalue weighted by molar-refractivity contribution is 5.98. The third kappa shape index (κ3) is 4.19. The molecule has 31 heavy (non-hydrogen) atoms. The first-order chi connectivity index (χ1) is 14.8. The third-order valence-corrected chi connectivity index (χ3v) is 6.10. The van der Waals surface area contributed by atoms with E-state index < -0.39 is 0 Å². The van der Waals surface area contributed by atoms with Gasteiger partial charge < -0.3 is 9.88 Å². The summed E-state index contributed by atoms with van der Waals surface area (Å²) in [4.78, 5) is 13.3. The van der Waals surface area contributed by atoms with E-state index >= 15 is 0 Å². The van der Waals surface area contributed by atoms with Crippen molar-refractivity contribution in [3.05, 3.63) is 105 Å². The summed E-state index contributed by atoms with van der Waals surface area (Å²) in [6, 6.07) is 21.2. The average molecular weight is 411 g/mol. The molecule has 0 aliphatic heterocycles. The lowest BCUT2D eigenvalue weighted by atomic mass is 9.94. The van der Waals surface area contributed by atoms with Crippen molar-refractivity contribution < 1.29 is 0 Å². The zero-order valence-corrected chi connectivity index (χ0v) is 19.0. The van der Waals surface area contributed by atoms with Crippen LogP contribution >= 0.6 is 0 Å². The number of hydrogen-bond acceptors (Lipinski definition) is 2. The van der Waals surface area contributed by atoms with Crippen molar-refractivity contribution in [2.24, 2.45) is 7.05 Å². The number of nitrogens with zero attached hydrogens (tertiary/aromatic N) is 1. The smallest absolute Gasteiger partial charge is 0.258 e. The van der Waals surface area contributed by atoms with Gasteiger partial charge in [-0.1, -0.05) is 65.7 Å². The van der Waals surface area contributed by atoms with E-state index in [0.717, 1.165) is 39.7 Å². The summed E-state index contributed by atoms with van der Waals surface area (Å²) in [6.07, 6.45) is 0. The number of rotatable bonds is 5. The molecule has 0 fully saturated rings. The largest absolute Gasteiger partial charge is 0.313 e. The summed E-state index contributed by atoms with van der Waals surface area (Å²) in [5.41, 5.74) is 9.48. The van der Waals surface area contributed by atoms with Crippen molar-refractivity contribution in [2.75, 3.05) is 0 Å². The van der Waals surface area contributed by atoms with Crippen LogP contribution in [0.4, 0.5) is 0 Å². The molecule has 0 aliphatic carbocycles. The predicted octanol–water partition coefficient (Wildman–Crippen LogP) is 5.73. The molecule has 3 heteroatoms. The molecular formula is C28H30N2O. The first-order valence-corrected chi connectivity index (χ1v) is 10.8. The van der Waals surface area contributed by atoms with Crippen LogP contribution in [0.2, 0.25) is 0 Å². The summed E-state index contributed by atoms with van der Waals surface area (Å²) in [5, 5.41) is 5.39. The first-order valence-electron chi connectivity index (χ1n) is 10.8. The fourth-order valence-corrected chi connectivity index (χ4v) is 4.46. The summed E-state index contributed by atoms with van der Waals surface area (Å²) >= 11 is 0. The van der Waals surface area contributed by atoms with Crippen LogP contribution in [0.15, 0.2) is 65.5 Å². The van der Waals surface area contributed by atoms with E-state index in [-0.39, 0.29) is 5.56 Å². The molecule has 1 aromatic heterocycles. The van der Waals surface area contributed by atoms with Crippen molar-refractivity contribution in [3.63, 3.8) is 0 Å². The molecule has 4 aromatic rings. The van der Waals surface area contributed by atoms with E-state index in [9.17, 15) is 4.79 Å². The van der Waals surface area contributed by atoms with Crippen LogP contribution in [-0.4, -0.2) is 4.57 Å². The van der Waals surface area contributed by atoms with Gasteiger partial charge in [0, 0.05) is 36.8 Å². The van der Waals surface area contributed by atoms with Crippen molar-refractivity contribution in [3.8, 4) is 11.1 Å². The molecule has 0 bridgehead atoms. The van der Waals surface area contributed by atoms with E-state index in [0.29, 0.717) is 6.54 Å². The van der Waals surface area contributed by atoms with Gasteiger partial charge in [-0.2, -0.15) is 0 Å². The Kier molecular flexibility index (Phi) is 5.79. The molecule has 0 saturated carbocycles. The van der Waals surface area contributed by atoms with Gasteiger partial charge in [-0.3, -0.25) is 4.79 Å². The maximum Gasteiger partial charge on any atom is 0.258 e. The topological polar surface area (TPSA) is 34.0 Å². The fraction of sp³-hybridized carbons (Fsp3) is 0.250. The fourth-order valence-electron chi connectivity index (χ4n) is 4.46. The Bertz CT molecular complexity index is 1300. The maximum absolute atomic E-state index is 13.3. The lowest BCUT2D eigenvalue weighted by Crippen LogP contribution is -2.26. The van der Waals surface area contributed by atoms with Crippen LogP contribution in [0.25, 0.3) is 21.9 Å². The summed E-state index contributed by atoms with van der Waals surface area (Å²) in [5.74, 6) is 0. The molecule has 3 nitrogen and oxygen atoms in total. The molecule has 1 heterocycles. The van der Waals surface area contributed by atoms with Crippen LogP contribution in [0, 0.1) is 27.7 Å². The molecule has 0 amide bonds. The summed E-state index contributed by atoms with van der Waals surface area (Å²) in [7, 11) is 1.89. The van der Waals surface area contributed by atoms with Crippen LogP contribution in [0.3, 0.4) is 0 Å². The Morgan fingerprint density at radius 2 is 1.39 bits per heavy atom. The Hall–Kier alpha value is -3.17. The van der Waals surface area contributed by atoms with Gasteiger partial charge in [-0.25, -0.2) is 0 Å². The Balaban J connectivity index is 1.82. The van der Waals surface area contributed by atoms with Crippen molar-refractivity contribution in [2.45, 2.75) is 40.8 Å². The van der Waals surface area contributed by atoms with E-state index in [1.807, 2.05) is 23.7 Å². The molecular weight excluding hydrogens is 380 g/mol. The molecule has 0 atom stereocenters. The lowest BCUT2D eigenvalue weighted by Gasteiger charge is -2.19. The van der Waals surface area contributed by atoms with Gasteiger partial charge in [-0.15, -0.1) is 0 Å². The van der Waals surface area contributed by atoms with Crippen LogP contribution in [0.1, 0.15) is 33.5 Å². The van der Waals surface area contributed by atoms with E-state index in [1.54, 1.807) is 0 Å². The number of hydrogen-bond donors (Lipinski definition) is 1. The van der Waals surface area contributed by atoms with Gasteiger partial charge in [0.15, 0.2) is 0 Å². The zero-order valence-electron chi connectivity index (χ0n) is 19.0. The Morgan fingerprint density at radius 1 is 0.774 bits per heavy atom. The predicted molar refractivity (Wildman–Crippen MR) is 131 cm³/mol. The van der Waals surface area contributed by atoms with Gasteiger partial charge in [0.2, 0.25) is 0 Å². The Labute approximate surface area is 184 Å². The second kappa shape index (κ2) is 8.52. The highest BCUT2D eigenvalue weighted by Crippen LogP contribution is 2.32. The molecule has 3 aromatic carbocycles. The minimum atomic E-state index is 0.0565. The lowest BCUT2D eigenvalue weighted by molar-refractivity contribution is 0.645. The van der Waals surface area contributed by atoms with Gasteiger partial charge in [-0.05, 0) is 61.4 Å². The maximum atomic E-state index is 13.3. The van der Waals surface area contributed by atoms with Crippen molar-refractivity contribution in [1.29, 1.82) is 0 Å². The standard InChI is InChI=1S/C28H30N2O/c1-18-11-19(2)13-22(12-18)16-29-17-26-27(23-9-7-6-8-10-23)24-14-20(3)21(4)15-25(24)28(31)30(26)5/h6-15,29H,16-17H2,1-5H3. The molecule has 0 saturated heterocycles. The van der Waals surface area contributed by atoms with Gasteiger partial charge in [0.05, 0.1) is 0 Å². The second-order valence-corrected chi connectivity index (χ2v) is 8.63. The zero-order chi connectivity index (χ0) is 22.1. The van der Waals surface area contributed by atoms with Crippen LogP contribution in [0.5, 0.6) is 0 Å². The minimum Gasteiger partial charge on any atom is -0.313 e. The number of fused-ring (bicyclic) bond motifs is 1. The number of pyridine rings is 1. The minimum absolute atomic E-state index is 0.0565. The Morgan fingerprint density at radius 3 is 2.03 bits per heavy atom. The van der Waals surface area contributed by atoms with E-state index in [4.69, 9.17) is 0 Å². The number of aryl methyl sites for hydroxylation is 4. The van der Waals surface area contributed by atoms with Crippen LogP contribution < -0.4 is 10.9 Å². The molecule has 4 rings (SSSR count). The highest BCUT2D eigenvalue weighted by atomic mass is 16.1. The molecule has 158 valence electrons. The van der Waals surface area contributed by atoms with Crippen LogP contribution in [-0.2, 0) is 20.1 Å². The summed E-state index contributed by atoms with van der Waals surface area (Å²) in [6.45, 7) is 9.80. The molecule has 0 spiro atoms. The molecule has 0 radical (unpaired) electrons. The van der Waals surface area contributed by atoms with E-state index in [1.165, 1.54) is 22.3 Å². The summed E-state index contributed by atoms with van der Waals surface area (Å²) < 4.78 is 1.81. The van der Waals surface area contributed by atoms with Gasteiger partial charge in [0.25, 0.3) is 5.56 Å².